The summed E-state index contributed by atoms with van der Waals surface area (Å²) in [6.07, 6.45) is 1.51. The van der Waals surface area contributed by atoms with Gasteiger partial charge in [0.15, 0.2) is 5.78 Å². The van der Waals surface area contributed by atoms with Crippen molar-refractivity contribution in [3.8, 4) is 0 Å². The predicted molar refractivity (Wildman–Crippen MR) is 64.6 cm³/mol. The minimum atomic E-state index is -0.369. The van der Waals surface area contributed by atoms with Gasteiger partial charge >= 0.3 is 0 Å². The normalized spacial score (nSPS) is 11.5. The second kappa shape index (κ2) is 4.80. The van der Waals surface area contributed by atoms with E-state index in [1.54, 1.807) is 0 Å². The highest BCUT2D eigenvalue weighted by molar-refractivity contribution is 6.23. The van der Waals surface area contributed by atoms with Gasteiger partial charge in [0.05, 0.1) is 4.87 Å². The quantitative estimate of drug-likeness (QED) is 0.555. The second-order valence-corrected chi connectivity index (χ2v) is 5.17. The molecule has 0 spiro atoms. The Labute approximate surface area is 96.5 Å². The van der Waals surface area contributed by atoms with Gasteiger partial charge in [0.1, 0.15) is 0 Å². The van der Waals surface area contributed by atoms with Crippen LogP contribution in [0, 0.1) is 0 Å². The van der Waals surface area contributed by atoms with Crippen LogP contribution >= 0.6 is 11.6 Å². The van der Waals surface area contributed by atoms with Crippen LogP contribution in [-0.4, -0.2) is 5.78 Å². The van der Waals surface area contributed by atoms with Crippen molar-refractivity contribution >= 4 is 17.4 Å². The van der Waals surface area contributed by atoms with E-state index in [1.165, 1.54) is 0 Å². The molecule has 0 N–H and O–H groups in total. The Kier molecular flexibility index (Phi) is 3.92. The lowest BCUT2D eigenvalue weighted by Gasteiger charge is -2.16. The monoisotopic (exact) mass is 224 g/mol. The summed E-state index contributed by atoms with van der Waals surface area (Å²) in [5, 5.41) is 0. The SMILES string of the molecule is CCCC(=O)c1ccc(C(C)(C)Cl)cc1. The van der Waals surface area contributed by atoms with E-state index in [9.17, 15) is 4.79 Å². The Hall–Kier alpha value is -0.820. The van der Waals surface area contributed by atoms with Crippen molar-refractivity contribution < 1.29 is 4.79 Å². The summed E-state index contributed by atoms with van der Waals surface area (Å²) in [5.74, 6) is 0.205. The Morgan fingerprint density at radius 3 is 2.20 bits per heavy atom. The van der Waals surface area contributed by atoms with Crippen molar-refractivity contribution in [2.24, 2.45) is 0 Å². The van der Waals surface area contributed by atoms with Gasteiger partial charge in [-0.1, -0.05) is 31.2 Å². The van der Waals surface area contributed by atoms with Crippen molar-refractivity contribution in [3.05, 3.63) is 35.4 Å². The predicted octanol–water partition coefficient (Wildman–Crippen LogP) is 4.14. The number of Topliss-reactive ketones (excluding diaryl/α,β-unsaturated/α-hetero) is 1. The summed E-state index contributed by atoms with van der Waals surface area (Å²) in [7, 11) is 0. The first-order chi connectivity index (χ1) is 6.95. The van der Waals surface area contributed by atoms with E-state index in [-0.39, 0.29) is 10.7 Å². The third kappa shape index (κ3) is 3.35. The lowest BCUT2D eigenvalue weighted by Crippen LogP contribution is -2.07. The third-order valence-corrected chi connectivity index (χ3v) is 2.59. The van der Waals surface area contributed by atoms with E-state index in [0.29, 0.717) is 6.42 Å². The number of halogens is 1. The summed E-state index contributed by atoms with van der Waals surface area (Å²) in [6, 6.07) is 7.57. The standard InChI is InChI=1S/C13H17ClO/c1-4-5-12(15)10-6-8-11(9-7-10)13(2,3)14/h6-9H,4-5H2,1-3H3. The smallest absolute Gasteiger partial charge is 0.162 e. The number of carbonyl (C=O) groups is 1. The van der Waals surface area contributed by atoms with E-state index in [1.807, 2.05) is 45.0 Å². The summed E-state index contributed by atoms with van der Waals surface area (Å²) in [6.45, 7) is 5.89. The molecule has 0 heterocycles. The van der Waals surface area contributed by atoms with E-state index in [2.05, 4.69) is 0 Å². The van der Waals surface area contributed by atoms with E-state index < -0.39 is 0 Å². The fourth-order valence-electron chi connectivity index (χ4n) is 1.42. The molecule has 0 unspecified atom stereocenters. The average molecular weight is 225 g/mol. The first-order valence-corrected chi connectivity index (χ1v) is 5.65. The zero-order valence-corrected chi connectivity index (χ0v) is 10.3. The van der Waals surface area contributed by atoms with Gasteiger partial charge in [0, 0.05) is 12.0 Å². The average Bonchev–Trinajstić information content (AvgIpc) is 2.17. The molecule has 0 fully saturated rings. The maximum Gasteiger partial charge on any atom is 0.162 e. The number of ketones is 1. The van der Waals surface area contributed by atoms with Gasteiger partial charge in [0.2, 0.25) is 0 Å². The number of rotatable bonds is 4. The van der Waals surface area contributed by atoms with Crippen LogP contribution < -0.4 is 0 Å². The molecule has 2 heteroatoms. The van der Waals surface area contributed by atoms with Gasteiger partial charge < -0.3 is 0 Å². The second-order valence-electron chi connectivity index (χ2n) is 4.22. The summed E-state index contributed by atoms with van der Waals surface area (Å²) >= 11 is 6.17. The zero-order chi connectivity index (χ0) is 11.5. The van der Waals surface area contributed by atoms with Crippen LogP contribution in [0.3, 0.4) is 0 Å². The molecule has 1 aromatic carbocycles. The van der Waals surface area contributed by atoms with Crippen molar-refractivity contribution in [2.45, 2.75) is 38.5 Å². The highest BCUT2D eigenvalue weighted by Crippen LogP contribution is 2.27. The molecule has 1 aromatic rings. The molecule has 82 valence electrons. The maximum atomic E-state index is 11.6. The van der Waals surface area contributed by atoms with Crippen LogP contribution in [0.2, 0.25) is 0 Å². The fraction of sp³-hybridized carbons (Fsp3) is 0.462. The molecule has 1 nitrogen and oxygen atoms in total. The minimum absolute atomic E-state index is 0.205. The molecule has 0 atom stereocenters. The molecule has 0 saturated heterocycles. The van der Waals surface area contributed by atoms with Crippen LogP contribution in [0.5, 0.6) is 0 Å². The highest BCUT2D eigenvalue weighted by atomic mass is 35.5. The van der Waals surface area contributed by atoms with E-state index in [4.69, 9.17) is 11.6 Å². The van der Waals surface area contributed by atoms with Crippen molar-refractivity contribution in [2.75, 3.05) is 0 Å². The van der Waals surface area contributed by atoms with Crippen LogP contribution in [0.4, 0.5) is 0 Å². The van der Waals surface area contributed by atoms with Crippen LogP contribution in [0.15, 0.2) is 24.3 Å². The Balaban J connectivity index is 2.86. The van der Waals surface area contributed by atoms with Crippen molar-refractivity contribution in [1.82, 2.24) is 0 Å². The summed E-state index contributed by atoms with van der Waals surface area (Å²) in [5.41, 5.74) is 1.82. The molecule has 0 aromatic heterocycles. The van der Waals surface area contributed by atoms with Gasteiger partial charge in [-0.15, -0.1) is 11.6 Å². The van der Waals surface area contributed by atoms with Crippen LogP contribution in [0.25, 0.3) is 0 Å². The zero-order valence-electron chi connectivity index (χ0n) is 9.51. The third-order valence-electron chi connectivity index (χ3n) is 2.37. The molecular formula is C13H17ClO. The largest absolute Gasteiger partial charge is 0.294 e. The first-order valence-electron chi connectivity index (χ1n) is 5.28. The highest BCUT2D eigenvalue weighted by Gasteiger charge is 2.16. The van der Waals surface area contributed by atoms with Gasteiger partial charge in [0.25, 0.3) is 0 Å². The lowest BCUT2D eigenvalue weighted by molar-refractivity contribution is 0.0981. The Morgan fingerprint density at radius 2 is 1.80 bits per heavy atom. The molecule has 0 aliphatic carbocycles. The topological polar surface area (TPSA) is 17.1 Å². The van der Waals surface area contributed by atoms with Gasteiger partial charge in [-0.25, -0.2) is 0 Å². The first kappa shape index (κ1) is 12.3. The van der Waals surface area contributed by atoms with E-state index >= 15 is 0 Å². The lowest BCUT2D eigenvalue weighted by atomic mass is 9.99. The molecule has 0 amide bonds. The number of carbonyl (C=O) groups excluding carboxylic acids is 1. The van der Waals surface area contributed by atoms with Crippen LogP contribution in [0.1, 0.15) is 49.5 Å². The van der Waals surface area contributed by atoms with E-state index in [0.717, 1.165) is 17.5 Å². The number of hydrogen-bond donors (Lipinski definition) is 0. The Morgan fingerprint density at radius 1 is 1.27 bits per heavy atom. The van der Waals surface area contributed by atoms with Gasteiger partial charge in [-0.05, 0) is 25.8 Å². The molecule has 1 rings (SSSR count). The molecule has 0 radical (unpaired) electrons. The molecular weight excluding hydrogens is 208 g/mol. The molecule has 0 aliphatic rings. The summed E-state index contributed by atoms with van der Waals surface area (Å²) < 4.78 is 0. The number of hydrogen-bond acceptors (Lipinski definition) is 1. The van der Waals surface area contributed by atoms with Crippen molar-refractivity contribution in [3.63, 3.8) is 0 Å². The minimum Gasteiger partial charge on any atom is -0.294 e. The Bertz CT molecular complexity index is 333. The molecule has 0 bridgehead atoms. The van der Waals surface area contributed by atoms with Gasteiger partial charge in [-0.3, -0.25) is 4.79 Å². The molecule has 0 saturated carbocycles. The number of alkyl halides is 1. The molecule has 15 heavy (non-hydrogen) atoms. The fourth-order valence-corrected chi connectivity index (χ4v) is 1.55. The van der Waals surface area contributed by atoms with Crippen molar-refractivity contribution in [1.29, 1.82) is 0 Å². The molecule has 0 aliphatic heterocycles. The van der Waals surface area contributed by atoms with Gasteiger partial charge in [-0.2, -0.15) is 0 Å². The number of benzene rings is 1. The van der Waals surface area contributed by atoms with Crippen LogP contribution in [-0.2, 0) is 4.87 Å². The summed E-state index contributed by atoms with van der Waals surface area (Å²) in [4.78, 5) is 11.2. The maximum absolute atomic E-state index is 11.6.